The molecule has 1 saturated heterocycles. The number of rotatable bonds is 17. The number of fused-ring (bicyclic) bond motifs is 8. The SMILES string of the molecule is COc1cccc2c1C(=O)c1c(O)c3c(c(O)c1C2=O)C[C@](O)(C(=O)CO)C[C@H]3OC1C[C@@H](NC(=O)OCOC(=O)CCC(=O)O[C@@H]2CC[C@]3(C)C(=CC[C@@H]4[C@H]5CC[C@@H]([C@@H](C)CCCC(C)C)[C@]5(C)CC[C@H]43)C2)[C@@H](O)[C@@H](C)O1. The Morgan fingerprint density at radius 3 is 2.37 bits per heavy atom. The van der Waals surface area contributed by atoms with Crippen LogP contribution in [0.5, 0.6) is 17.2 Å². The van der Waals surface area contributed by atoms with E-state index in [0.29, 0.717) is 23.7 Å². The topological polar surface area (TPSA) is 271 Å². The van der Waals surface area contributed by atoms with E-state index in [1.807, 2.05) is 0 Å². The van der Waals surface area contributed by atoms with Crippen molar-refractivity contribution in [1.29, 1.82) is 0 Å². The highest BCUT2D eigenvalue weighted by Crippen LogP contribution is 2.67. The number of ether oxygens (including phenoxy) is 6. The number of methoxy groups -OCH3 is 1. The molecule has 78 heavy (non-hydrogen) atoms. The molecule has 6 N–H and O–H groups in total. The number of aliphatic hydroxyl groups excluding tert-OH is 2. The number of allylic oxidation sites excluding steroid dienone is 1. The van der Waals surface area contributed by atoms with Crippen LogP contribution in [0.4, 0.5) is 4.79 Å². The zero-order chi connectivity index (χ0) is 56.2. The molecule has 0 aromatic heterocycles. The average molecular weight is 1090 g/mol. The zero-order valence-corrected chi connectivity index (χ0v) is 46.1. The lowest BCUT2D eigenvalue weighted by molar-refractivity contribution is -0.249. The molecule has 3 saturated carbocycles. The van der Waals surface area contributed by atoms with Crippen LogP contribution in [0.1, 0.15) is 187 Å². The predicted molar refractivity (Wildman–Crippen MR) is 280 cm³/mol. The monoisotopic (exact) mass is 1090 g/mol. The molecule has 0 radical (unpaired) electrons. The van der Waals surface area contributed by atoms with Gasteiger partial charge in [-0.15, -0.1) is 0 Å². The lowest BCUT2D eigenvalue weighted by atomic mass is 9.47. The van der Waals surface area contributed by atoms with Gasteiger partial charge in [0.15, 0.2) is 17.9 Å². The van der Waals surface area contributed by atoms with Crippen LogP contribution in [0.2, 0.25) is 0 Å². The summed E-state index contributed by atoms with van der Waals surface area (Å²) in [4.78, 5) is 79.8. The van der Waals surface area contributed by atoms with E-state index in [1.165, 1.54) is 82.8 Å². The molecule has 9 rings (SSSR count). The van der Waals surface area contributed by atoms with Gasteiger partial charge in [-0.2, -0.15) is 0 Å². The maximum atomic E-state index is 14.0. The van der Waals surface area contributed by atoms with E-state index in [-0.39, 0.29) is 58.8 Å². The van der Waals surface area contributed by atoms with Gasteiger partial charge < -0.3 is 59.3 Å². The number of ketones is 3. The minimum Gasteiger partial charge on any atom is -0.507 e. The largest absolute Gasteiger partial charge is 0.507 e. The molecular weight excluding hydrogens is 1010 g/mol. The number of aliphatic hydroxyl groups is 3. The number of hydrogen-bond donors (Lipinski definition) is 6. The summed E-state index contributed by atoms with van der Waals surface area (Å²) in [6.07, 6.45) is 6.38. The molecule has 14 atom stereocenters. The third kappa shape index (κ3) is 10.6. The molecule has 1 heterocycles. The first kappa shape index (κ1) is 57.3. The number of alkyl carbamates (subject to hydrolysis) is 1. The van der Waals surface area contributed by atoms with E-state index >= 15 is 0 Å². The van der Waals surface area contributed by atoms with Gasteiger partial charge in [0.25, 0.3) is 0 Å². The molecule has 426 valence electrons. The second-order valence-electron chi connectivity index (χ2n) is 24.5. The highest BCUT2D eigenvalue weighted by molar-refractivity contribution is 6.31. The predicted octanol–water partition coefficient (Wildman–Crippen LogP) is 8.00. The van der Waals surface area contributed by atoms with Crippen LogP contribution >= 0.6 is 0 Å². The Hall–Kier alpha value is -5.40. The van der Waals surface area contributed by atoms with Gasteiger partial charge in [-0.1, -0.05) is 77.7 Å². The third-order valence-electron chi connectivity index (χ3n) is 19.6. The standard InChI is InChI=1S/C60H79NO17/c1-30(2)10-8-11-31(3)38-16-17-39-35-15-14-33-24-34(20-22-58(33,5)40(35)21-23-59(38,39)6)77-46(65)19-18-45(64)74-29-75-57(71)61-41-25-47(76-32(4)52(41)66)78-43-27-60(72,44(63)28-62)26-37-49(43)56(70)51-50(54(37)68)53(67)36-12-9-13-42(73-7)48(36)55(51)69/h9,12-14,30-32,34-35,38-41,43,47,52,62,66,68,70,72H,8,10-11,15-29H2,1-7H3,(H,61,71)/t31-,32+,34+,35+,38-,39+,40+,41+,43+,47?,52-,58+,59-,60+/m0/s1. The molecule has 2 aromatic carbocycles. The lowest BCUT2D eigenvalue weighted by Crippen LogP contribution is -2.56. The van der Waals surface area contributed by atoms with E-state index in [1.54, 1.807) is 0 Å². The third-order valence-corrected chi connectivity index (χ3v) is 19.6. The Bertz CT molecular complexity index is 2720. The van der Waals surface area contributed by atoms with Gasteiger partial charge in [-0.3, -0.25) is 24.0 Å². The van der Waals surface area contributed by atoms with Crippen molar-refractivity contribution in [3.8, 4) is 17.2 Å². The van der Waals surface area contributed by atoms with Gasteiger partial charge in [0.2, 0.25) is 12.6 Å². The van der Waals surface area contributed by atoms with Crippen LogP contribution in [0.15, 0.2) is 29.8 Å². The summed E-state index contributed by atoms with van der Waals surface area (Å²) >= 11 is 0. The molecular formula is C60H79NO17. The number of phenolic OH excluding ortho intramolecular Hbond substituents is 2. The van der Waals surface area contributed by atoms with Gasteiger partial charge in [-0.25, -0.2) is 4.79 Å². The van der Waals surface area contributed by atoms with E-state index < -0.39 is 120 Å². The van der Waals surface area contributed by atoms with Gasteiger partial charge in [-0.05, 0) is 104 Å². The first-order valence-corrected chi connectivity index (χ1v) is 28.2. The van der Waals surface area contributed by atoms with Crippen LogP contribution in [-0.2, 0) is 44.5 Å². The van der Waals surface area contributed by atoms with Crippen molar-refractivity contribution in [2.45, 2.75) is 187 Å². The van der Waals surface area contributed by atoms with Crippen LogP contribution in [-0.4, -0.2) is 118 Å². The first-order chi connectivity index (χ1) is 37.0. The van der Waals surface area contributed by atoms with E-state index in [4.69, 9.17) is 28.4 Å². The van der Waals surface area contributed by atoms with Gasteiger partial charge in [0, 0.05) is 42.4 Å². The van der Waals surface area contributed by atoms with Gasteiger partial charge in [0.1, 0.15) is 41.7 Å². The van der Waals surface area contributed by atoms with Crippen molar-refractivity contribution in [1.82, 2.24) is 5.32 Å². The number of aromatic hydroxyl groups is 2. The molecule has 18 nitrogen and oxygen atoms in total. The van der Waals surface area contributed by atoms with Gasteiger partial charge in [0.05, 0.1) is 54.9 Å². The molecule has 1 aliphatic heterocycles. The van der Waals surface area contributed by atoms with Crippen molar-refractivity contribution in [3.05, 3.63) is 63.2 Å². The quantitative estimate of drug-likeness (QED) is 0.0323. The number of Topliss-reactive ketones (excluding diaryl/α,β-unsaturated/α-hetero) is 1. The van der Waals surface area contributed by atoms with Crippen LogP contribution < -0.4 is 10.1 Å². The molecule has 4 fully saturated rings. The molecule has 18 heteroatoms. The Kier molecular flexibility index (Phi) is 16.6. The summed E-state index contributed by atoms with van der Waals surface area (Å²) < 4.78 is 33.6. The Labute approximate surface area is 455 Å². The molecule has 6 aliphatic carbocycles. The number of carbonyl (C=O) groups is 6. The summed E-state index contributed by atoms with van der Waals surface area (Å²) in [5.74, 6) is -1.18. The van der Waals surface area contributed by atoms with Crippen LogP contribution in [0, 0.1) is 46.3 Å². The minimum absolute atomic E-state index is 0.0382. The number of phenols is 2. The average Bonchev–Trinajstić information content (AvgIpc) is 3.86. The second kappa shape index (κ2) is 22.6. The highest BCUT2D eigenvalue weighted by Gasteiger charge is 2.59. The fraction of sp³-hybridized carbons (Fsp3) is 0.667. The fourth-order valence-corrected chi connectivity index (χ4v) is 15.5. The second-order valence-corrected chi connectivity index (χ2v) is 24.5. The summed E-state index contributed by atoms with van der Waals surface area (Å²) in [5.41, 5.74) is -2.41. The van der Waals surface area contributed by atoms with Crippen molar-refractivity contribution in [2.75, 3.05) is 20.5 Å². The normalized spacial score (nSPS) is 33.2. The Morgan fingerprint density at radius 1 is 0.897 bits per heavy atom. The molecule has 7 aliphatic rings. The van der Waals surface area contributed by atoms with Crippen molar-refractivity contribution in [3.63, 3.8) is 0 Å². The number of carbonyl (C=O) groups excluding carboxylic acids is 6. The van der Waals surface area contributed by atoms with Crippen molar-refractivity contribution >= 4 is 35.4 Å². The fourth-order valence-electron chi connectivity index (χ4n) is 15.5. The lowest BCUT2D eigenvalue weighted by Gasteiger charge is -2.58. The first-order valence-electron chi connectivity index (χ1n) is 28.2. The number of esters is 2. The molecule has 1 amide bonds. The summed E-state index contributed by atoms with van der Waals surface area (Å²) in [6, 6.07) is 3.15. The number of amides is 1. The van der Waals surface area contributed by atoms with E-state index in [0.717, 1.165) is 42.9 Å². The van der Waals surface area contributed by atoms with Gasteiger partial charge >= 0.3 is 18.0 Å². The Balaban J connectivity index is 0.758. The molecule has 0 bridgehead atoms. The molecule has 2 aromatic rings. The van der Waals surface area contributed by atoms with E-state index in [2.05, 4.69) is 46.0 Å². The number of hydrogen-bond acceptors (Lipinski definition) is 17. The van der Waals surface area contributed by atoms with E-state index in [9.17, 15) is 54.3 Å². The molecule has 1 unspecified atom stereocenters. The van der Waals surface area contributed by atoms with Crippen LogP contribution in [0.25, 0.3) is 0 Å². The maximum absolute atomic E-state index is 14.0. The number of benzene rings is 2. The smallest absolute Gasteiger partial charge is 0.410 e. The summed E-state index contributed by atoms with van der Waals surface area (Å²) in [7, 11) is 1.30. The van der Waals surface area contributed by atoms with Crippen molar-refractivity contribution < 1.29 is 82.7 Å². The number of nitrogens with one attached hydrogen (secondary N) is 1. The maximum Gasteiger partial charge on any atom is 0.410 e. The highest BCUT2D eigenvalue weighted by atomic mass is 16.7. The minimum atomic E-state index is -2.40. The summed E-state index contributed by atoms with van der Waals surface area (Å²) in [6.45, 7) is 11.7. The zero-order valence-electron chi connectivity index (χ0n) is 46.1. The summed E-state index contributed by atoms with van der Waals surface area (Å²) in [5, 5.41) is 58.6. The van der Waals surface area contributed by atoms with Crippen LogP contribution in [0.3, 0.4) is 0 Å². The Morgan fingerprint density at radius 2 is 1.64 bits per heavy atom. The van der Waals surface area contributed by atoms with Crippen molar-refractivity contribution in [2.24, 2.45) is 46.3 Å². The molecule has 0 spiro atoms.